The number of benzene rings is 2. The second-order valence-corrected chi connectivity index (χ2v) is 6.63. The first-order valence-corrected chi connectivity index (χ1v) is 9.15. The summed E-state index contributed by atoms with van der Waals surface area (Å²) in [5.41, 5.74) is 2.67. The van der Waals surface area contributed by atoms with Gasteiger partial charge < -0.3 is 19.2 Å². The van der Waals surface area contributed by atoms with Crippen LogP contribution in [0, 0.1) is 5.92 Å². The Labute approximate surface area is 157 Å². The highest BCUT2D eigenvalue weighted by Gasteiger charge is 2.27. The monoisotopic (exact) mass is 366 g/mol. The van der Waals surface area contributed by atoms with Gasteiger partial charge in [0.05, 0.1) is 13.0 Å². The lowest BCUT2D eigenvalue weighted by molar-refractivity contribution is -0.126. The molecule has 0 saturated heterocycles. The summed E-state index contributed by atoms with van der Waals surface area (Å²) in [6, 6.07) is 13.5. The maximum atomic E-state index is 12.5. The number of amides is 1. The molecule has 0 bridgehead atoms. The summed E-state index contributed by atoms with van der Waals surface area (Å²) in [5.74, 6) is 1.99. The van der Waals surface area contributed by atoms with Crippen molar-refractivity contribution in [2.45, 2.75) is 19.3 Å². The summed E-state index contributed by atoms with van der Waals surface area (Å²) < 4.78 is 16.8. The van der Waals surface area contributed by atoms with Gasteiger partial charge in [0.15, 0.2) is 23.0 Å². The van der Waals surface area contributed by atoms with Crippen LogP contribution < -0.4 is 14.8 Å². The molecule has 140 valence electrons. The standard InChI is InChI=1S/C21H22N2O4/c1-25-18-9-4-6-14-12-15(13-26-20(14)18)21(24)22-11-5-10-19-23-16-7-2-3-8-17(16)27-19/h2-4,6-9,15H,5,10-13H2,1H3,(H,22,24)/t15-/m1/s1. The maximum Gasteiger partial charge on any atom is 0.226 e. The molecular formula is C21H22N2O4. The first kappa shape index (κ1) is 17.4. The number of fused-ring (bicyclic) bond motifs is 2. The molecule has 1 aromatic heterocycles. The Bertz CT molecular complexity index is 917. The van der Waals surface area contributed by atoms with Gasteiger partial charge in [0.1, 0.15) is 12.1 Å². The number of carbonyl (C=O) groups excluding carboxylic acids is 1. The third-order valence-corrected chi connectivity index (χ3v) is 4.75. The lowest BCUT2D eigenvalue weighted by atomic mass is 9.95. The molecule has 1 amide bonds. The Balaban J connectivity index is 1.27. The largest absolute Gasteiger partial charge is 0.493 e. The Morgan fingerprint density at radius 1 is 1.26 bits per heavy atom. The molecule has 0 unspecified atom stereocenters. The number of oxazole rings is 1. The van der Waals surface area contributed by atoms with Crippen molar-refractivity contribution in [3.8, 4) is 11.5 Å². The van der Waals surface area contributed by atoms with Crippen LogP contribution in [-0.4, -0.2) is 31.2 Å². The van der Waals surface area contributed by atoms with Crippen molar-refractivity contribution in [2.75, 3.05) is 20.3 Å². The SMILES string of the molecule is COc1cccc2c1OC[C@H](C(=O)NCCCc1nc3ccccc3o1)C2. The van der Waals surface area contributed by atoms with E-state index >= 15 is 0 Å². The van der Waals surface area contributed by atoms with Crippen LogP contribution in [0.25, 0.3) is 11.1 Å². The zero-order valence-electron chi connectivity index (χ0n) is 15.2. The Hall–Kier alpha value is -3.02. The van der Waals surface area contributed by atoms with Crippen LogP contribution in [0.3, 0.4) is 0 Å². The number of methoxy groups -OCH3 is 1. The van der Waals surface area contributed by atoms with Crippen molar-refractivity contribution < 1.29 is 18.7 Å². The molecule has 6 nitrogen and oxygen atoms in total. The van der Waals surface area contributed by atoms with E-state index in [0.717, 1.165) is 28.8 Å². The molecule has 1 atom stereocenters. The van der Waals surface area contributed by atoms with Gasteiger partial charge in [-0.05, 0) is 36.6 Å². The topological polar surface area (TPSA) is 73.6 Å². The Kier molecular flexibility index (Phi) is 4.96. The Morgan fingerprint density at radius 2 is 2.15 bits per heavy atom. The quantitative estimate of drug-likeness (QED) is 0.679. The second kappa shape index (κ2) is 7.70. The van der Waals surface area contributed by atoms with Crippen molar-refractivity contribution in [3.05, 3.63) is 53.9 Å². The summed E-state index contributed by atoms with van der Waals surface area (Å²) in [7, 11) is 1.62. The third kappa shape index (κ3) is 3.74. The molecule has 3 aromatic rings. The van der Waals surface area contributed by atoms with E-state index in [9.17, 15) is 4.79 Å². The lowest BCUT2D eigenvalue weighted by Crippen LogP contribution is -2.37. The van der Waals surface area contributed by atoms with E-state index in [4.69, 9.17) is 13.9 Å². The van der Waals surface area contributed by atoms with Gasteiger partial charge in [-0.25, -0.2) is 4.98 Å². The molecule has 0 spiro atoms. The van der Waals surface area contributed by atoms with E-state index < -0.39 is 0 Å². The number of hydrogen-bond acceptors (Lipinski definition) is 5. The van der Waals surface area contributed by atoms with Crippen LogP contribution in [-0.2, 0) is 17.6 Å². The number of nitrogens with zero attached hydrogens (tertiary/aromatic N) is 1. The lowest BCUT2D eigenvalue weighted by Gasteiger charge is -2.25. The summed E-state index contributed by atoms with van der Waals surface area (Å²) in [6.45, 7) is 0.948. The molecule has 6 heteroatoms. The molecule has 0 aliphatic carbocycles. The summed E-state index contributed by atoms with van der Waals surface area (Å²) in [5, 5.41) is 3.00. The molecular weight excluding hydrogens is 344 g/mol. The fourth-order valence-electron chi connectivity index (χ4n) is 3.35. The minimum absolute atomic E-state index is 0.0148. The van der Waals surface area contributed by atoms with Crippen LogP contribution in [0.2, 0.25) is 0 Å². The van der Waals surface area contributed by atoms with Crippen LogP contribution in [0.1, 0.15) is 17.9 Å². The van der Waals surface area contributed by atoms with Gasteiger partial charge in [-0.15, -0.1) is 0 Å². The van der Waals surface area contributed by atoms with Gasteiger partial charge in [0.25, 0.3) is 0 Å². The summed E-state index contributed by atoms with van der Waals surface area (Å²) in [4.78, 5) is 16.9. The number of nitrogens with one attached hydrogen (secondary N) is 1. The zero-order chi connectivity index (χ0) is 18.6. The normalized spacial score (nSPS) is 15.8. The third-order valence-electron chi connectivity index (χ3n) is 4.75. The van der Waals surface area contributed by atoms with Crippen molar-refractivity contribution in [1.29, 1.82) is 0 Å². The molecule has 1 N–H and O–H groups in total. The van der Waals surface area contributed by atoms with Gasteiger partial charge in [0.2, 0.25) is 5.91 Å². The predicted molar refractivity (Wildman–Crippen MR) is 101 cm³/mol. The summed E-state index contributed by atoms with van der Waals surface area (Å²) in [6.07, 6.45) is 2.12. The van der Waals surface area contributed by atoms with Gasteiger partial charge in [0, 0.05) is 13.0 Å². The van der Waals surface area contributed by atoms with Gasteiger partial charge >= 0.3 is 0 Å². The van der Waals surface area contributed by atoms with Crippen LogP contribution in [0.4, 0.5) is 0 Å². The average Bonchev–Trinajstić information content (AvgIpc) is 3.13. The van der Waals surface area contributed by atoms with Gasteiger partial charge in [-0.1, -0.05) is 24.3 Å². The second-order valence-electron chi connectivity index (χ2n) is 6.63. The first-order chi connectivity index (χ1) is 13.2. The van der Waals surface area contributed by atoms with Crippen LogP contribution in [0.5, 0.6) is 11.5 Å². The maximum absolute atomic E-state index is 12.5. The van der Waals surface area contributed by atoms with E-state index in [1.54, 1.807) is 7.11 Å². The minimum atomic E-state index is -0.186. The number of para-hydroxylation sites is 3. The molecule has 4 rings (SSSR count). The number of carbonyl (C=O) groups is 1. The Morgan fingerprint density at radius 3 is 3.00 bits per heavy atom. The van der Waals surface area contributed by atoms with Crippen molar-refractivity contribution in [2.24, 2.45) is 5.92 Å². The minimum Gasteiger partial charge on any atom is -0.493 e. The first-order valence-electron chi connectivity index (χ1n) is 9.15. The van der Waals surface area contributed by atoms with E-state index in [1.165, 1.54) is 0 Å². The molecule has 1 aliphatic rings. The van der Waals surface area contributed by atoms with E-state index in [2.05, 4.69) is 10.3 Å². The van der Waals surface area contributed by atoms with Crippen LogP contribution >= 0.6 is 0 Å². The molecule has 27 heavy (non-hydrogen) atoms. The smallest absolute Gasteiger partial charge is 0.226 e. The fraction of sp³-hybridized carbons (Fsp3) is 0.333. The van der Waals surface area contributed by atoms with E-state index in [1.807, 2.05) is 42.5 Å². The van der Waals surface area contributed by atoms with Crippen molar-refractivity contribution in [1.82, 2.24) is 10.3 Å². The molecule has 2 aromatic carbocycles. The average molecular weight is 366 g/mol. The number of ether oxygens (including phenoxy) is 2. The van der Waals surface area contributed by atoms with E-state index in [-0.39, 0.29) is 11.8 Å². The highest BCUT2D eigenvalue weighted by Crippen LogP contribution is 2.36. The number of aromatic nitrogens is 1. The number of hydrogen-bond donors (Lipinski definition) is 1. The van der Waals surface area contributed by atoms with Gasteiger partial charge in [-0.3, -0.25) is 4.79 Å². The molecule has 2 heterocycles. The molecule has 1 aliphatic heterocycles. The number of aryl methyl sites for hydroxylation is 1. The zero-order valence-corrected chi connectivity index (χ0v) is 15.2. The highest BCUT2D eigenvalue weighted by molar-refractivity contribution is 5.79. The highest BCUT2D eigenvalue weighted by atomic mass is 16.5. The van der Waals surface area contributed by atoms with Gasteiger partial charge in [-0.2, -0.15) is 0 Å². The fourth-order valence-corrected chi connectivity index (χ4v) is 3.35. The molecule has 0 fully saturated rings. The summed E-state index contributed by atoms with van der Waals surface area (Å²) >= 11 is 0. The van der Waals surface area contributed by atoms with Crippen molar-refractivity contribution >= 4 is 17.0 Å². The van der Waals surface area contributed by atoms with E-state index in [0.29, 0.717) is 37.6 Å². The van der Waals surface area contributed by atoms with Crippen LogP contribution in [0.15, 0.2) is 46.9 Å². The number of rotatable bonds is 6. The predicted octanol–water partition coefficient (Wildman–Crippen LogP) is 3.14. The molecule has 0 saturated carbocycles. The van der Waals surface area contributed by atoms with Crippen molar-refractivity contribution in [3.63, 3.8) is 0 Å². The molecule has 0 radical (unpaired) electrons.